The topological polar surface area (TPSA) is 62.6 Å². The van der Waals surface area contributed by atoms with Crippen LogP contribution in [0.5, 0.6) is 0 Å². The third kappa shape index (κ3) is 5.49. The van der Waals surface area contributed by atoms with Gasteiger partial charge in [-0.3, -0.25) is 9.59 Å². The fourth-order valence-corrected chi connectivity index (χ4v) is 2.84. The predicted octanol–water partition coefficient (Wildman–Crippen LogP) is 0.390. The molecule has 1 heterocycles. The molecule has 0 saturated heterocycles. The van der Waals surface area contributed by atoms with Crippen molar-refractivity contribution in [3.05, 3.63) is 42.0 Å². The van der Waals surface area contributed by atoms with Crippen LogP contribution in [0.25, 0.3) is 5.57 Å². The number of hydrogen-bond donors (Lipinski definition) is 3. The van der Waals surface area contributed by atoms with E-state index in [0.717, 1.165) is 25.9 Å². The summed E-state index contributed by atoms with van der Waals surface area (Å²) in [6, 6.07) is 9.89. The highest BCUT2D eigenvalue weighted by Crippen LogP contribution is 2.17. The molecule has 24 heavy (non-hydrogen) atoms. The van der Waals surface area contributed by atoms with Crippen LogP contribution in [0.1, 0.15) is 32.3 Å². The first kappa shape index (κ1) is 18.2. The standard InChI is InChI=1S/C19H27N3O2/c1-3-11-20-19(24)15(2)21-18(23)14-22-12-9-17(10-13-22)16-7-5-4-6-8-16/h4-9,15H,3,10-14H2,1-2H3,(H,20,24)(H,21,23)/p+1/t15-/m0/s1. The van der Waals surface area contributed by atoms with Crippen LogP contribution in [-0.2, 0) is 9.59 Å². The highest BCUT2D eigenvalue weighted by Gasteiger charge is 2.21. The van der Waals surface area contributed by atoms with Gasteiger partial charge in [-0.15, -0.1) is 0 Å². The van der Waals surface area contributed by atoms with Gasteiger partial charge in [-0.25, -0.2) is 0 Å². The van der Waals surface area contributed by atoms with E-state index in [9.17, 15) is 9.59 Å². The molecule has 0 saturated carbocycles. The molecule has 1 unspecified atom stereocenters. The Kier molecular flexibility index (Phi) is 7.00. The summed E-state index contributed by atoms with van der Waals surface area (Å²) < 4.78 is 0. The van der Waals surface area contributed by atoms with Crippen LogP contribution in [0, 0.1) is 0 Å². The second-order valence-corrected chi connectivity index (χ2v) is 6.31. The number of nitrogens with one attached hydrogen (secondary N) is 3. The summed E-state index contributed by atoms with van der Waals surface area (Å²) in [7, 11) is 0. The zero-order chi connectivity index (χ0) is 17.4. The summed E-state index contributed by atoms with van der Waals surface area (Å²) in [6.07, 6.45) is 4.08. The zero-order valence-electron chi connectivity index (χ0n) is 14.6. The number of quaternary nitrogens is 1. The van der Waals surface area contributed by atoms with E-state index in [4.69, 9.17) is 0 Å². The molecule has 0 aliphatic carbocycles. The van der Waals surface area contributed by atoms with E-state index in [1.165, 1.54) is 16.0 Å². The molecule has 2 amide bonds. The highest BCUT2D eigenvalue weighted by molar-refractivity contribution is 5.87. The van der Waals surface area contributed by atoms with E-state index in [1.807, 2.05) is 25.1 Å². The van der Waals surface area contributed by atoms with Crippen molar-refractivity contribution in [2.45, 2.75) is 32.7 Å². The van der Waals surface area contributed by atoms with Gasteiger partial charge in [0, 0.05) is 13.0 Å². The van der Waals surface area contributed by atoms with Crippen molar-refractivity contribution in [1.29, 1.82) is 0 Å². The molecule has 0 spiro atoms. The van der Waals surface area contributed by atoms with Crippen LogP contribution < -0.4 is 15.5 Å². The second kappa shape index (κ2) is 9.23. The summed E-state index contributed by atoms with van der Waals surface area (Å²) in [5, 5.41) is 5.58. The Morgan fingerprint density at radius 3 is 2.62 bits per heavy atom. The predicted molar refractivity (Wildman–Crippen MR) is 95.5 cm³/mol. The molecule has 1 aromatic carbocycles. The molecule has 2 rings (SSSR count). The first-order chi connectivity index (χ1) is 11.6. The Balaban J connectivity index is 1.78. The third-order valence-electron chi connectivity index (χ3n) is 4.26. The van der Waals surface area contributed by atoms with Crippen molar-refractivity contribution in [3.63, 3.8) is 0 Å². The minimum Gasteiger partial charge on any atom is -0.354 e. The largest absolute Gasteiger partial charge is 0.354 e. The maximum Gasteiger partial charge on any atom is 0.275 e. The number of benzene rings is 1. The second-order valence-electron chi connectivity index (χ2n) is 6.31. The van der Waals surface area contributed by atoms with Crippen molar-refractivity contribution in [2.24, 2.45) is 0 Å². The third-order valence-corrected chi connectivity index (χ3v) is 4.26. The maximum atomic E-state index is 12.1. The van der Waals surface area contributed by atoms with Crippen molar-refractivity contribution >= 4 is 17.4 Å². The first-order valence-electron chi connectivity index (χ1n) is 8.75. The summed E-state index contributed by atoms with van der Waals surface area (Å²) in [4.78, 5) is 25.1. The Labute approximate surface area is 144 Å². The fourth-order valence-electron chi connectivity index (χ4n) is 2.84. The molecule has 1 aliphatic heterocycles. The van der Waals surface area contributed by atoms with Gasteiger partial charge >= 0.3 is 0 Å². The smallest absolute Gasteiger partial charge is 0.275 e. The minimum atomic E-state index is -0.483. The molecule has 0 radical (unpaired) electrons. The van der Waals surface area contributed by atoms with E-state index in [-0.39, 0.29) is 11.8 Å². The number of hydrogen-bond acceptors (Lipinski definition) is 2. The molecule has 130 valence electrons. The molecule has 0 fully saturated rings. The molecule has 3 N–H and O–H groups in total. The molecule has 5 heteroatoms. The molecule has 1 aromatic rings. The number of amides is 2. The lowest BCUT2D eigenvalue weighted by Gasteiger charge is -2.24. The fraction of sp³-hybridized carbons (Fsp3) is 0.474. The number of carbonyl (C=O) groups is 2. The van der Waals surface area contributed by atoms with E-state index < -0.39 is 6.04 Å². The maximum absolute atomic E-state index is 12.1. The molecular formula is C19H28N3O2+. The van der Waals surface area contributed by atoms with Gasteiger partial charge in [-0.2, -0.15) is 0 Å². The lowest BCUT2D eigenvalue weighted by molar-refractivity contribution is -0.886. The average molecular weight is 330 g/mol. The summed E-state index contributed by atoms with van der Waals surface area (Å²) in [5.41, 5.74) is 2.62. The quantitative estimate of drug-likeness (QED) is 0.677. The lowest BCUT2D eigenvalue weighted by Crippen LogP contribution is -3.13. The van der Waals surface area contributed by atoms with Gasteiger partial charge in [0.2, 0.25) is 5.91 Å². The molecule has 5 nitrogen and oxygen atoms in total. The number of rotatable bonds is 7. The van der Waals surface area contributed by atoms with Crippen LogP contribution in [0.3, 0.4) is 0 Å². The van der Waals surface area contributed by atoms with Gasteiger partial charge in [-0.05, 0) is 30.6 Å². The van der Waals surface area contributed by atoms with Gasteiger partial charge in [0.15, 0.2) is 6.54 Å². The Morgan fingerprint density at radius 2 is 2.00 bits per heavy atom. The van der Waals surface area contributed by atoms with Crippen LogP contribution in [0.15, 0.2) is 36.4 Å². The summed E-state index contributed by atoms with van der Waals surface area (Å²) in [5.74, 6) is -0.189. The van der Waals surface area contributed by atoms with Gasteiger partial charge in [0.1, 0.15) is 6.04 Å². The lowest BCUT2D eigenvalue weighted by atomic mass is 10.00. The molecule has 1 aliphatic rings. The van der Waals surface area contributed by atoms with Gasteiger partial charge in [-0.1, -0.05) is 37.3 Å². The van der Waals surface area contributed by atoms with Gasteiger partial charge in [0.25, 0.3) is 5.91 Å². The Morgan fingerprint density at radius 1 is 1.25 bits per heavy atom. The van der Waals surface area contributed by atoms with E-state index in [1.54, 1.807) is 6.92 Å². The molecule has 0 aromatic heterocycles. The monoisotopic (exact) mass is 330 g/mol. The summed E-state index contributed by atoms with van der Waals surface area (Å²) >= 11 is 0. The van der Waals surface area contributed by atoms with Crippen LogP contribution in [-0.4, -0.2) is 44.0 Å². The molecular weight excluding hydrogens is 302 g/mol. The van der Waals surface area contributed by atoms with Gasteiger partial charge in [0.05, 0.1) is 13.1 Å². The van der Waals surface area contributed by atoms with Crippen molar-refractivity contribution in [3.8, 4) is 0 Å². The van der Waals surface area contributed by atoms with Crippen molar-refractivity contribution < 1.29 is 14.5 Å². The SMILES string of the molecule is CCCNC(=O)[C@H](C)NC(=O)C[NH+]1CC=C(c2ccccc2)CC1. The van der Waals surface area contributed by atoms with E-state index in [2.05, 4.69) is 28.8 Å². The van der Waals surface area contributed by atoms with Crippen LogP contribution >= 0.6 is 0 Å². The van der Waals surface area contributed by atoms with Crippen molar-refractivity contribution in [2.75, 3.05) is 26.2 Å². The van der Waals surface area contributed by atoms with Crippen LogP contribution in [0.4, 0.5) is 0 Å². The van der Waals surface area contributed by atoms with Crippen molar-refractivity contribution in [1.82, 2.24) is 10.6 Å². The normalized spacial score (nSPS) is 18.4. The summed E-state index contributed by atoms with van der Waals surface area (Å²) in [6.45, 7) is 6.55. The average Bonchev–Trinajstić information content (AvgIpc) is 2.61. The highest BCUT2D eigenvalue weighted by atomic mass is 16.2. The number of carbonyl (C=O) groups excluding carboxylic acids is 2. The minimum absolute atomic E-state index is 0.0688. The molecule has 0 bridgehead atoms. The zero-order valence-corrected chi connectivity index (χ0v) is 14.6. The first-order valence-corrected chi connectivity index (χ1v) is 8.75. The van der Waals surface area contributed by atoms with Gasteiger partial charge < -0.3 is 15.5 Å². The Hall–Kier alpha value is -2.14. The van der Waals surface area contributed by atoms with Crippen LogP contribution in [0.2, 0.25) is 0 Å². The van der Waals surface area contributed by atoms with E-state index >= 15 is 0 Å². The molecule has 2 atom stereocenters. The Bertz CT molecular complexity index is 584. The van der Waals surface area contributed by atoms with E-state index in [0.29, 0.717) is 13.1 Å².